The maximum atomic E-state index is 9.85. The molecule has 0 atom stereocenters. The van der Waals surface area contributed by atoms with Crippen molar-refractivity contribution in [2.75, 3.05) is 19.7 Å². The summed E-state index contributed by atoms with van der Waals surface area (Å²) in [5.41, 5.74) is 7.25. The third-order valence-corrected chi connectivity index (χ3v) is 6.69. The summed E-state index contributed by atoms with van der Waals surface area (Å²) in [6.45, 7) is 10.6. The molecule has 0 unspecified atom stereocenters. The molecular weight excluding hydrogens is 418 g/mol. The number of hydrogen-bond donors (Lipinski definition) is 2. The van der Waals surface area contributed by atoms with Gasteiger partial charge >= 0.3 is 0 Å². The summed E-state index contributed by atoms with van der Waals surface area (Å²) in [4.78, 5) is 2.61. The number of hydrogen-bond acceptors (Lipinski definition) is 3. The Morgan fingerprint density at radius 1 is 0.941 bits per heavy atom. The zero-order valence-corrected chi connectivity index (χ0v) is 21.3. The van der Waals surface area contributed by atoms with Gasteiger partial charge in [0.25, 0.3) is 0 Å². The van der Waals surface area contributed by atoms with Gasteiger partial charge in [-0.1, -0.05) is 68.5 Å². The third kappa shape index (κ3) is 6.28. The van der Waals surface area contributed by atoms with Gasteiger partial charge in [0.05, 0.1) is 0 Å². The summed E-state index contributed by atoms with van der Waals surface area (Å²) in [5.74, 6) is 0.916. The maximum absolute atomic E-state index is 9.85. The SMILES string of the molecule is CC.C\C=C/C(=C\C)C(/CCCO)=C(/c1ccc(O)cc1)c1ccc(C2CN(C3CC3)C2)cc1. The number of allylic oxidation sites excluding steroid dienone is 5. The highest BCUT2D eigenvalue weighted by Crippen LogP contribution is 2.38. The smallest absolute Gasteiger partial charge is 0.115 e. The van der Waals surface area contributed by atoms with Gasteiger partial charge in [0, 0.05) is 31.7 Å². The average molecular weight is 460 g/mol. The van der Waals surface area contributed by atoms with E-state index in [1.807, 2.05) is 32.9 Å². The molecule has 1 saturated carbocycles. The lowest BCUT2D eigenvalue weighted by Crippen LogP contribution is -2.46. The monoisotopic (exact) mass is 459 g/mol. The second-order valence-electron chi connectivity index (χ2n) is 8.98. The van der Waals surface area contributed by atoms with Crippen molar-refractivity contribution in [2.24, 2.45) is 0 Å². The van der Waals surface area contributed by atoms with Crippen LogP contribution >= 0.6 is 0 Å². The van der Waals surface area contributed by atoms with Gasteiger partial charge in [-0.3, -0.25) is 4.90 Å². The molecule has 0 bridgehead atoms. The molecule has 3 nitrogen and oxygen atoms in total. The van der Waals surface area contributed by atoms with Gasteiger partial charge in [0.1, 0.15) is 5.75 Å². The lowest BCUT2D eigenvalue weighted by atomic mass is 9.85. The Balaban J connectivity index is 0.00000158. The Morgan fingerprint density at radius 3 is 2.03 bits per heavy atom. The van der Waals surface area contributed by atoms with Crippen LogP contribution < -0.4 is 0 Å². The topological polar surface area (TPSA) is 43.7 Å². The first-order valence-corrected chi connectivity index (χ1v) is 12.9. The van der Waals surface area contributed by atoms with E-state index < -0.39 is 0 Å². The van der Waals surface area contributed by atoms with Crippen LogP contribution in [0.15, 0.2) is 77.9 Å². The van der Waals surface area contributed by atoms with E-state index in [0.717, 1.165) is 18.0 Å². The Morgan fingerprint density at radius 2 is 1.53 bits per heavy atom. The molecule has 34 heavy (non-hydrogen) atoms. The van der Waals surface area contributed by atoms with Crippen LogP contribution in [0.5, 0.6) is 5.75 Å². The van der Waals surface area contributed by atoms with Crippen LogP contribution in [0.25, 0.3) is 5.57 Å². The molecule has 0 spiro atoms. The summed E-state index contributed by atoms with van der Waals surface area (Å²) >= 11 is 0. The molecule has 0 radical (unpaired) electrons. The molecule has 0 amide bonds. The standard InChI is InChI=1S/C29H35NO2.C2H6/c1-3-6-21(4-2)28(7-5-18-31)29(24-12-16-27(32)17-13-24)23-10-8-22(9-11-23)25-19-30(20-25)26-14-15-26;1-2/h3-4,6,8-13,16-17,25-26,31-32H,5,7,14-15,18-20H2,1-2H3;1-2H3/b6-3-,21-4+,29-28+;. The van der Waals surface area contributed by atoms with Gasteiger partial charge in [-0.25, -0.2) is 0 Å². The molecule has 2 fully saturated rings. The van der Waals surface area contributed by atoms with Crippen LogP contribution in [-0.4, -0.2) is 40.9 Å². The molecule has 3 heteroatoms. The predicted molar refractivity (Wildman–Crippen MR) is 144 cm³/mol. The minimum Gasteiger partial charge on any atom is -0.508 e. The average Bonchev–Trinajstić information content (AvgIpc) is 3.67. The summed E-state index contributed by atoms with van der Waals surface area (Å²) in [6, 6.07) is 17.4. The van der Waals surface area contributed by atoms with Gasteiger partial charge < -0.3 is 10.2 Å². The Hall–Kier alpha value is -2.62. The molecule has 2 aliphatic rings. The van der Waals surface area contributed by atoms with Crippen molar-refractivity contribution < 1.29 is 10.2 Å². The van der Waals surface area contributed by atoms with Crippen LogP contribution in [0, 0.1) is 0 Å². The van der Waals surface area contributed by atoms with Crippen LogP contribution in [0.2, 0.25) is 0 Å². The van der Waals surface area contributed by atoms with Crippen molar-refractivity contribution in [2.45, 2.75) is 65.3 Å². The van der Waals surface area contributed by atoms with E-state index >= 15 is 0 Å². The summed E-state index contributed by atoms with van der Waals surface area (Å²) in [7, 11) is 0. The zero-order valence-electron chi connectivity index (χ0n) is 21.3. The Bertz CT molecular complexity index is 989. The first kappa shape index (κ1) is 26.0. The summed E-state index contributed by atoms with van der Waals surface area (Å²) in [5, 5.41) is 19.4. The molecule has 1 aliphatic carbocycles. The normalized spacial score (nSPS) is 17.7. The Kier molecular flexibility index (Phi) is 9.74. The summed E-state index contributed by atoms with van der Waals surface area (Å²) in [6.07, 6.45) is 10.6. The minimum atomic E-state index is 0.164. The fourth-order valence-corrected chi connectivity index (χ4v) is 4.75. The molecule has 182 valence electrons. The largest absolute Gasteiger partial charge is 0.508 e. The molecule has 0 aromatic heterocycles. The fourth-order valence-electron chi connectivity index (χ4n) is 4.75. The van der Waals surface area contributed by atoms with Crippen LogP contribution in [0.1, 0.15) is 76.0 Å². The molecule has 4 rings (SSSR count). The third-order valence-electron chi connectivity index (χ3n) is 6.69. The van der Waals surface area contributed by atoms with Gasteiger partial charge in [0.2, 0.25) is 0 Å². The van der Waals surface area contributed by atoms with Gasteiger partial charge in [0.15, 0.2) is 0 Å². The van der Waals surface area contributed by atoms with E-state index in [9.17, 15) is 10.2 Å². The number of aliphatic hydroxyl groups excluding tert-OH is 1. The molecular formula is C31H41NO2. The lowest BCUT2D eigenvalue weighted by molar-refractivity contribution is 0.139. The van der Waals surface area contributed by atoms with Crippen LogP contribution in [0.4, 0.5) is 0 Å². The van der Waals surface area contributed by atoms with E-state index in [2.05, 4.69) is 54.3 Å². The number of nitrogens with zero attached hydrogens (tertiary/aromatic N) is 1. The second kappa shape index (κ2) is 12.7. The van der Waals surface area contributed by atoms with Crippen molar-refractivity contribution >= 4 is 5.57 Å². The second-order valence-corrected chi connectivity index (χ2v) is 8.98. The van der Waals surface area contributed by atoms with Gasteiger partial charge in [-0.2, -0.15) is 0 Å². The highest BCUT2D eigenvalue weighted by molar-refractivity contribution is 5.85. The number of aromatic hydroxyl groups is 1. The molecule has 2 aromatic carbocycles. The molecule has 1 aliphatic heterocycles. The minimum absolute atomic E-state index is 0.164. The summed E-state index contributed by atoms with van der Waals surface area (Å²) < 4.78 is 0. The van der Waals surface area contributed by atoms with E-state index in [-0.39, 0.29) is 12.4 Å². The van der Waals surface area contributed by atoms with E-state index in [0.29, 0.717) is 12.3 Å². The molecule has 2 aromatic rings. The van der Waals surface area contributed by atoms with Crippen LogP contribution in [0.3, 0.4) is 0 Å². The quantitative estimate of drug-likeness (QED) is 0.394. The van der Waals surface area contributed by atoms with Gasteiger partial charge in [-0.05, 0) is 85.1 Å². The van der Waals surface area contributed by atoms with E-state index in [1.165, 1.54) is 53.8 Å². The number of phenols is 1. The zero-order chi connectivity index (χ0) is 24.5. The number of rotatable bonds is 9. The van der Waals surface area contributed by atoms with Crippen molar-refractivity contribution in [3.05, 3.63) is 94.6 Å². The van der Waals surface area contributed by atoms with Crippen LogP contribution in [-0.2, 0) is 0 Å². The molecule has 1 saturated heterocycles. The first-order chi connectivity index (χ1) is 16.6. The van der Waals surface area contributed by atoms with E-state index in [1.54, 1.807) is 12.1 Å². The first-order valence-electron chi connectivity index (χ1n) is 12.9. The van der Waals surface area contributed by atoms with Crippen molar-refractivity contribution in [1.82, 2.24) is 4.90 Å². The number of likely N-dealkylation sites (tertiary alicyclic amines) is 1. The molecule has 1 heterocycles. The van der Waals surface area contributed by atoms with Crippen molar-refractivity contribution in [1.29, 1.82) is 0 Å². The van der Waals surface area contributed by atoms with Gasteiger partial charge in [-0.15, -0.1) is 0 Å². The van der Waals surface area contributed by atoms with Crippen molar-refractivity contribution in [3.63, 3.8) is 0 Å². The predicted octanol–water partition coefficient (Wildman–Crippen LogP) is 7.08. The Labute approximate surface area is 206 Å². The van der Waals surface area contributed by atoms with Crippen molar-refractivity contribution in [3.8, 4) is 5.75 Å². The number of aliphatic hydroxyl groups is 1. The number of benzene rings is 2. The highest BCUT2D eigenvalue weighted by Gasteiger charge is 2.38. The lowest BCUT2D eigenvalue weighted by Gasteiger charge is -2.40. The fraction of sp³-hybridized carbons (Fsp3) is 0.419. The van der Waals surface area contributed by atoms with E-state index in [4.69, 9.17) is 0 Å². The molecule has 2 N–H and O–H groups in total. The maximum Gasteiger partial charge on any atom is 0.115 e. The number of phenolic OH excluding ortho intramolecular Hbond substituents is 1. The highest BCUT2D eigenvalue weighted by atomic mass is 16.3.